The van der Waals surface area contributed by atoms with E-state index in [1.807, 2.05) is 13.8 Å². The van der Waals surface area contributed by atoms with Gasteiger partial charge in [0.25, 0.3) is 0 Å². The van der Waals surface area contributed by atoms with Gasteiger partial charge in [0.1, 0.15) is 11.4 Å². The van der Waals surface area contributed by atoms with E-state index in [-0.39, 0.29) is 17.8 Å². The number of urea groups is 1. The molecule has 38 heavy (non-hydrogen) atoms. The van der Waals surface area contributed by atoms with Crippen molar-refractivity contribution in [3.63, 3.8) is 0 Å². The van der Waals surface area contributed by atoms with E-state index in [1.54, 1.807) is 49.9 Å². The highest BCUT2D eigenvalue weighted by Gasteiger charge is 2.27. The number of amidine groups is 1. The Morgan fingerprint density at radius 1 is 1.08 bits per heavy atom. The summed E-state index contributed by atoms with van der Waals surface area (Å²) in [5.74, 6) is 0.863. The third-order valence-corrected chi connectivity index (χ3v) is 6.57. The van der Waals surface area contributed by atoms with E-state index < -0.39 is 23.7 Å². The van der Waals surface area contributed by atoms with Crippen molar-refractivity contribution in [1.29, 1.82) is 0 Å². The van der Waals surface area contributed by atoms with Crippen LogP contribution in [0.25, 0.3) is 5.41 Å². The van der Waals surface area contributed by atoms with Gasteiger partial charge in [-0.15, -0.1) is 0 Å². The van der Waals surface area contributed by atoms with Crippen LogP contribution in [0.1, 0.15) is 72.4 Å². The molecule has 0 bridgehead atoms. The molecule has 0 spiro atoms. The van der Waals surface area contributed by atoms with Crippen LogP contribution in [0.5, 0.6) is 5.75 Å². The van der Waals surface area contributed by atoms with Crippen molar-refractivity contribution in [2.75, 3.05) is 26.8 Å². The van der Waals surface area contributed by atoms with Crippen molar-refractivity contribution < 1.29 is 28.6 Å². The van der Waals surface area contributed by atoms with Crippen molar-refractivity contribution >= 4 is 23.9 Å². The lowest BCUT2D eigenvalue weighted by Gasteiger charge is -2.37. The summed E-state index contributed by atoms with van der Waals surface area (Å²) in [5.41, 5.74) is -0.139. The number of ether oxygens (including phenoxy) is 3. The zero-order valence-electron chi connectivity index (χ0n) is 23.7. The number of carbonyl (C=O) groups is 3. The van der Waals surface area contributed by atoms with Gasteiger partial charge >= 0.3 is 12.1 Å². The first-order valence-corrected chi connectivity index (χ1v) is 13.2. The van der Waals surface area contributed by atoms with E-state index in [4.69, 9.17) is 14.2 Å². The molecular formula is C28H43N4O6-. The molecule has 10 heteroatoms. The van der Waals surface area contributed by atoms with Crippen molar-refractivity contribution in [2.45, 2.75) is 72.4 Å². The molecule has 1 aliphatic heterocycles. The van der Waals surface area contributed by atoms with E-state index in [2.05, 4.69) is 17.6 Å². The maximum atomic E-state index is 12.3. The van der Waals surface area contributed by atoms with Gasteiger partial charge in [0.15, 0.2) is 6.04 Å². The molecule has 3 amide bonds. The minimum absolute atomic E-state index is 0.00389. The number of hydrogen-bond acceptors (Lipinski definition) is 6. The number of benzene rings is 1. The summed E-state index contributed by atoms with van der Waals surface area (Å²) in [5, 5.41) is 14.9. The van der Waals surface area contributed by atoms with Crippen LogP contribution in [0.15, 0.2) is 24.3 Å². The third kappa shape index (κ3) is 9.87. The molecule has 1 aliphatic rings. The molecule has 1 heterocycles. The number of nitrogens with zero attached hydrogens (tertiary/aromatic N) is 2. The number of likely N-dealkylation sites (tertiary alicyclic amines) is 1. The minimum Gasteiger partial charge on any atom is -0.494 e. The summed E-state index contributed by atoms with van der Waals surface area (Å²) < 4.78 is 16.0. The van der Waals surface area contributed by atoms with Gasteiger partial charge < -0.3 is 35.2 Å². The molecule has 1 fully saturated rings. The number of alkyl carbamates (subject to hydrolysis) is 1. The van der Waals surface area contributed by atoms with Gasteiger partial charge in [-0.25, -0.2) is 9.59 Å². The van der Waals surface area contributed by atoms with Crippen LogP contribution < -0.4 is 15.4 Å². The van der Waals surface area contributed by atoms with E-state index >= 15 is 0 Å². The van der Waals surface area contributed by atoms with Crippen LogP contribution in [0, 0.1) is 17.8 Å². The maximum Gasteiger partial charge on any atom is 0.408 e. The molecule has 0 aliphatic carbocycles. The number of nitrogens with one attached hydrogen (secondary N) is 2. The fourth-order valence-electron chi connectivity index (χ4n) is 4.18. The second kappa shape index (κ2) is 14.0. The van der Waals surface area contributed by atoms with Crippen molar-refractivity contribution in [3.8, 4) is 5.75 Å². The Balaban J connectivity index is 1.82. The Hall–Kier alpha value is -3.30. The second-order valence-corrected chi connectivity index (χ2v) is 11.1. The SMILES string of the molecule is COC(=O)[C@@H](NC(=O)OC(C)(C)C)c1ccc(OCC[C@@H](C)C2CCN(C(=O)NC(=[N-])C(C)C)CC2)cc1. The standard InChI is InChI=1S/C28H43N4O6/c1-18(2)24(29)31-26(34)32-15-12-20(13-16-32)19(3)14-17-37-22-10-8-21(9-11-22)23(25(33)36-7)30-27(35)38-28(4,5)6/h8-11,18-20,23H,12-17H2,1-7H3,(H2-,29,30,31,34,35)/q-1/t19-,23+/m1/s1. The zero-order chi connectivity index (χ0) is 28.5. The summed E-state index contributed by atoms with van der Waals surface area (Å²) in [6.45, 7) is 12.9. The summed E-state index contributed by atoms with van der Waals surface area (Å²) in [6, 6.07) is 5.70. The first-order valence-electron chi connectivity index (χ1n) is 13.2. The smallest absolute Gasteiger partial charge is 0.408 e. The lowest BCUT2D eigenvalue weighted by molar-refractivity contribution is -0.143. The highest BCUT2D eigenvalue weighted by molar-refractivity contribution is 6.00. The van der Waals surface area contributed by atoms with Gasteiger partial charge in [-0.3, -0.25) is 4.79 Å². The molecule has 212 valence electrons. The quantitative estimate of drug-likeness (QED) is 0.266. The van der Waals surface area contributed by atoms with E-state index in [1.165, 1.54) is 7.11 Å². The number of methoxy groups -OCH3 is 1. The Labute approximate surface area is 226 Å². The lowest BCUT2D eigenvalue weighted by atomic mass is 9.84. The molecule has 2 N–H and O–H groups in total. The molecule has 1 aromatic rings. The van der Waals surface area contributed by atoms with Gasteiger partial charge in [-0.05, 0) is 75.5 Å². The van der Waals surface area contributed by atoms with Crippen molar-refractivity contribution in [1.82, 2.24) is 15.5 Å². The molecule has 2 atom stereocenters. The van der Waals surface area contributed by atoms with Crippen molar-refractivity contribution in [3.05, 3.63) is 35.2 Å². The topological polar surface area (TPSA) is 128 Å². The minimum atomic E-state index is -0.996. The largest absolute Gasteiger partial charge is 0.494 e. The summed E-state index contributed by atoms with van der Waals surface area (Å²) in [4.78, 5) is 38.5. The molecular weight excluding hydrogens is 488 g/mol. The number of rotatable bonds is 9. The second-order valence-electron chi connectivity index (χ2n) is 11.1. The molecule has 0 unspecified atom stereocenters. The van der Waals surface area contributed by atoms with Crippen LogP contribution in [0.2, 0.25) is 0 Å². The average Bonchev–Trinajstić information content (AvgIpc) is 2.86. The van der Waals surface area contributed by atoms with Crippen molar-refractivity contribution in [2.24, 2.45) is 17.8 Å². The van der Waals surface area contributed by atoms with E-state index in [9.17, 15) is 19.8 Å². The lowest BCUT2D eigenvalue weighted by Crippen LogP contribution is -2.47. The maximum absolute atomic E-state index is 12.3. The first-order chi connectivity index (χ1) is 17.8. The summed E-state index contributed by atoms with van der Waals surface area (Å²) in [7, 11) is 1.26. The Kier molecular flexibility index (Phi) is 11.4. The Bertz CT molecular complexity index is 949. The van der Waals surface area contributed by atoms with Gasteiger partial charge in [0.05, 0.1) is 13.7 Å². The first kappa shape index (κ1) is 30.9. The highest BCUT2D eigenvalue weighted by atomic mass is 16.6. The highest BCUT2D eigenvalue weighted by Crippen LogP contribution is 2.28. The molecule has 1 aromatic carbocycles. The summed E-state index contributed by atoms with van der Waals surface area (Å²) in [6.07, 6.45) is 1.97. The molecule has 0 aromatic heterocycles. The fourth-order valence-corrected chi connectivity index (χ4v) is 4.18. The third-order valence-electron chi connectivity index (χ3n) is 6.57. The average molecular weight is 532 g/mol. The summed E-state index contributed by atoms with van der Waals surface area (Å²) >= 11 is 0. The Morgan fingerprint density at radius 3 is 2.21 bits per heavy atom. The van der Waals surface area contributed by atoms with Gasteiger partial charge in [-0.2, -0.15) is 0 Å². The number of piperidine rings is 1. The molecule has 10 nitrogen and oxygen atoms in total. The number of carbonyl (C=O) groups excluding carboxylic acids is 3. The molecule has 0 radical (unpaired) electrons. The molecule has 2 rings (SSSR count). The fraction of sp³-hybridized carbons (Fsp3) is 0.643. The van der Waals surface area contributed by atoms with Crippen LogP contribution in [0.3, 0.4) is 0 Å². The van der Waals surface area contributed by atoms with Gasteiger partial charge in [0, 0.05) is 13.1 Å². The van der Waals surface area contributed by atoms with Gasteiger partial charge in [0.2, 0.25) is 6.03 Å². The van der Waals surface area contributed by atoms with Crippen LogP contribution in [0.4, 0.5) is 9.59 Å². The van der Waals surface area contributed by atoms with E-state index in [0.29, 0.717) is 42.8 Å². The van der Waals surface area contributed by atoms with Crippen LogP contribution in [-0.2, 0) is 14.3 Å². The van der Waals surface area contributed by atoms with Crippen LogP contribution in [-0.4, -0.2) is 61.2 Å². The predicted octanol–water partition coefficient (Wildman–Crippen LogP) is 4.88. The Morgan fingerprint density at radius 2 is 1.68 bits per heavy atom. The number of amides is 3. The number of hydrogen-bond donors (Lipinski definition) is 2. The normalized spacial score (nSPS) is 15.8. The number of esters is 1. The zero-order valence-corrected chi connectivity index (χ0v) is 23.7. The van der Waals surface area contributed by atoms with Gasteiger partial charge in [-0.1, -0.05) is 38.7 Å². The molecule has 0 saturated carbocycles. The molecule has 1 saturated heterocycles. The predicted molar refractivity (Wildman–Crippen MR) is 146 cm³/mol. The monoisotopic (exact) mass is 531 g/mol. The van der Waals surface area contributed by atoms with Crippen LogP contribution >= 0.6 is 0 Å². The van der Waals surface area contributed by atoms with E-state index in [0.717, 1.165) is 19.3 Å².